The molecule has 8 nitrogen and oxygen atoms in total. The molecule has 8 heteroatoms. The lowest BCUT2D eigenvalue weighted by atomic mass is 9.95. The minimum absolute atomic E-state index is 0.0326. The van der Waals surface area contributed by atoms with Gasteiger partial charge < -0.3 is 14.7 Å². The number of carbonyl (C=O) groups excluding carboxylic acids is 2. The third kappa shape index (κ3) is 4.80. The fourth-order valence-corrected chi connectivity index (χ4v) is 3.54. The molecular formula is C23H24N2O6. The summed E-state index contributed by atoms with van der Waals surface area (Å²) in [6, 6.07) is 13.4. The molecule has 1 saturated heterocycles. The van der Waals surface area contributed by atoms with E-state index in [9.17, 15) is 24.8 Å². The van der Waals surface area contributed by atoms with Crippen molar-refractivity contribution in [3.63, 3.8) is 0 Å². The van der Waals surface area contributed by atoms with Crippen LogP contribution in [0.1, 0.15) is 37.4 Å². The molecule has 0 bridgehead atoms. The van der Waals surface area contributed by atoms with Gasteiger partial charge in [0.15, 0.2) is 0 Å². The second-order valence-corrected chi connectivity index (χ2v) is 7.48. The summed E-state index contributed by atoms with van der Waals surface area (Å²) in [6.45, 7) is 4.55. The minimum atomic E-state index is -0.783. The largest absolute Gasteiger partial charge is 0.507 e. The summed E-state index contributed by atoms with van der Waals surface area (Å²) in [4.78, 5) is 37.5. The Morgan fingerprint density at radius 2 is 1.77 bits per heavy atom. The number of ether oxygens (including phenoxy) is 1. The number of amides is 1. The van der Waals surface area contributed by atoms with Gasteiger partial charge in [0.25, 0.3) is 17.4 Å². The first-order valence-corrected chi connectivity index (χ1v) is 10.0. The molecule has 1 fully saturated rings. The Morgan fingerprint density at radius 3 is 2.35 bits per heavy atom. The van der Waals surface area contributed by atoms with Gasteiger partial charge in [-0.25, -0.2) is 0 Å². The molecule has 0 unspecified atom stereocenters. The van der Waals surface area contributed by atoms with Gasteiger partial charge in [-0.05, 0) is 38.0 Å². The smallest absolute Gasteiger partial charge is 0.295 e. The number of rotatable bonds is 8. The molecule has 1 aliphatic heterocycles. The van der Waals surface area contributed by atoms with E-state index < -0.39 is 22.7 Å². The maximum atomic E-state index is 12.9. The highest BCUT2D eigenvalue weighted by molar-refractivity contribution is 6.46. The Hall–Kier alpha value is -3.52. The van der Waals surface area contributed by atoms with E-state index in [-0.39, 0.29) is 35.2 Å². The van der Waals surface area contributed by atoms with Crippen molar-refractivity contribution < 1.29 is 24.4 Å². The zero-order valence-electron chi connectivity index (χ0n) is 17.4. The van der Waals surface area contributed by atoms with E-state index in [4.69, 9.17) is 4.74 Å². The number of aliphatic hydroxyl groups excluding tert-OH is 1. The van der Waals surface area contributed by atoms with Gasteiger partial charge in [-0.15, -0.1) is 0 Å². The molecule has 1 atom stereocenters. The van der Waals surface area contributed by atoms with Crippen molar-refractivity contribution in [3.05, 3.63) is 81.4 Å². The van der Waals surface area contributed by atoms with Crippen LogP contribution < -0.4 is 0 Å². The Kier molecular flexibility index (Phi) is 6.81. The number of nitro groups is 1. The van der Waals surface area contributed by atoms with Crippen molar-refractivity contribution in [2.45, 2.75) is 32.4 Å². The molecule has 1 heterocycles. The number of nitrogens with zero attached hydrogens (tertiary/aromatic N) is 2. The number of aliphatic hydroxyl groups is 1. The Labute approximate surface area is 179 Å². The summed E-state index contributed by atoms with van der Waals surface area (Å²) in [6.07, 6.45) is 0.592. The summed E-state index contributed by atoms with van der Waals surface area (Å²) >= 11 is 0. The molecule has 31 heavy (non-hydrogen) atoms. The average molecular weight is 424 g/mol. The van der Waals surface area contributed by atoms with E-state index in [1.54, 1.807) is 24.3 Å². The van der Waals surface area contributed by atoms with Crippen LogP contribution in [0.4, 0.5) is 5.69 Å². The lowest BCUT2D eigenvalue weighted by Gasteiger charge is -2.25. The van der Waals surface area contributed by atoms with Gasteiger partial charge in [0.05, 0.1) is 22.6 Å². The molecule has 0 radical (unpaired) electrons. The van der Waals surface area contributed by atoms with Crippen molar-refractivity contribution in [1.29, 1.82) is 0 Å². The molecular weight excluding hydrogens is 400 g/mol. The van der Waals surface area contributed by atoms with Gasteiger partial charge in [0, 0.05) is 30.8 Å². The van der Waals surface area contributed by atoms with E-state index >= 15 is 0 Å². The molecule has 3 rings (SSSR count). The Morgan fingerprint density at radius 1 is 1.13 bits per heavy atom. The van der Waals surface area contributed by atoms with Crippen LogP contribution >= 0.6 is 0 Å². The fraction of sp³-hybridized carbons (Fsp3) is 0.304. The first-order chi connectivity index (χ1) is 14.8. The number of benzene rings is 2. The number of nitro benzene ring substituents is 1. The van der Waals surface area contributed by atoms with Crippen molar-refractivity contribution in [1.82, 2.24) is 4.90 Å². The van der Waals surface area contributed by atoms with Crippen LogP contribution in [0.3, 0.4) is 0 Å². The highest BCUT2D eigenvalue weighted by Gasteiger charge is 2.45. The number of Topliss-reactive ketones (excluding diaryl/α,β-unsaturated/α-hetero) is 1. The molecule has 2 aromatic rings. The summed E-state index contributed by atoms with van der Waals surface area (Å²) in [5.74, 6) is -1.83. The van der Waals surface area contributed by atoms with E-state index in [0.29, 0.717) is 18.6 Å². The van der Waals surface area contributed by atoms with Crippen LogP contribution in [-0.2, 0) is 14.3 Å². The first-order valence-electron chi connectivity index (χ1n) is 10.0. The summed E-state index contributed by atoms with van der Waals surface area (Å²) < 4.78 is 5.54. The van der Waals surface area contributed by atoms with Crippen LogP contribution in [-0.4, -0.2) is 45.9 Å². The highest BCUT2D eigenvalue weighted by atomic mass is 16.6. The molecule has 1 amide bonds. The van der Waals surface area contributed by atoms with Gasteiger partial charge >= 0.3 is 0 Å². The number of ketones is 1. The number of hydrogen-bond donors (Lipinski definition) is 1. The molecule has 0 aliphatic carbocycles. The second kappa shape index (κ2) is 9.53. The van der Waals surface area contributed by atoms with E-state index in [1.807, 2.05) is 19.9 Å². The van der Waals surface area contributed by atoms with Crippen molar-refractivity contribution in [2.24, 2.45) is 0 Å². The lowest BCUT2D eigenvalue weighted by Crippen LogP contribution is -2.31. The quantitative estimate of drug-likeness (QED) is 0.172. The minimum Gasteiger partial charge on any atom is -0.507 e. The van der Waals surface area contributed by atoms with Crippen molar-refractivity contribution in [3.8, 4) is 0 Å². The van der Waals surface area contributed by atoms with E-state index in [1.165, 1.54) is 29.2 Å². The Balaban J connectivity index is 2.00. The third-order valence-corrected chi connectivity index (χ3v) is 5.00. The fourth-order valence-electron chi connectivity index (χ4n) is 3.54. The van der Waals surface area contributed by atoms with Gasteiger partial charge in [-0.1, -0.05) is 30.3 Å². The molecule has 1 N–H and O–H groups in total. The number of carbonyl (C=O) groups is 2. The summed E-state index contributed by atoms with van der Waals surface area (Å²) in [7, 11) is 0. The van der Waals surface area contributed by atoms with Crippen LogP contribution in [0.2, 0.25) is 0 Å². The van der Waals surface area contributed by atoms with Crippen LogP contribution in [0.5, 0.6) is 0 Å². The van der Waals surface area contributed by atoms with Gasteiger partial charge in [0.1, 0.15) is 5.76 Å². The molecule has 162 valence electrons. The topological polar surface area (TPSA) is 110 Å². The number of non-ortho nitro benzene ring substituents is 1. The SMILES string of the molecule is CC(C)OCCCN1C(=O)C(=O)C(=C(O)c2ccc([N+](=O)[O-])cc2)[C@@H]1c1ccccc1. The van der Waals surface area contributed by atoms with Crippen LogP contribution in [0.25, 0.3) is 5.76 Å². The van der Waals surface area contributed by atoms with Crippen LogP contribution in [0.15, 0.2) is 60.2 Å². The standard InChI is InChI=1S/C23H24N2O6/c1-15(2)31-14-6-13-24-20(16-7-4-3-5-8-16)19(22(27)23(24)28)21(26)17-9-11-18(12-10-17)25(29)30/h3-5,7-12,15,20,26H,6,13-14H2,1-2H3/t20-/m0/s1. The summed E-state index contributed by atoms with van der Waals surface area (Å²) in [5.41, 5.74) is 0.749. The zero-order valence-corrected chi connectivity index (χ0v) is 17.4. The molecule has 2 aromatic carbocycles. The molecule has 0 saturated carbocycles. The molecule has 0 aromatic heterocycles. The Bertz CT molecular complexity index is 998. The zero-order chi connectivity index (χ0) is 22.5. The van der Waals surface area contributed by atoms with Gasteiger partial charge in [0.2, 0.25) is 0 Å². The second-order valence-electron chi connectivity index (χ2n) is 7.48. The maximum absolute atomic E-state index is 12.9. The predicted molar refractivity (Wildman–Crippen MR) is 114 cm³/mol. The maximum Gasteiger partial charge on any atom is 0.295 e. The third-order valence-electron chi connectivity index (χ3n) is 5.00. The predicted octanol–water partition coefficient (Wildman–Crippen LogP) is 3.83. The monoisotopic (exact) mass is 424 g/mol. The van der Waals surface area contributed by atoms with E-state index in [2.05, 4.69) is 0 Å². The molecule has 0 spiro atoms. The number of likely N-dealkylation sites (tertiary alicyclic amines) is 1. The average Bonchev–Trinajstić information content (AvgIpc) is 3.01. The van der Waals surface area contributed by atoms with Gasteiger partial charge in [-0.3, -0.25) is 19.7 Å². The normalized spacial score (nSPS) is 18.0. The number of hydrogen-bond acceptors (Lipinski definition) is 6. The first kappa shape index (κ1) is 22.2. The van der Waals surface area contributed by atoms with E-state index in [0.717, 1.165) is 0 Å². The van der Waals surface area contributed by atoms with Crippen molar-refractivity contribution >= 4 is 23.1 Å². The van der Waals surface area contributed by atoms with Crippen molar-refractivity contribution in [2.75, 3.05) is 13.2 Å². The molecule has 1 aliphatic rings. The highest BCUT2D eigenvalue weighted by Crippen LogP contribution is 2.39. The lowest BCUT2D eigenvalue weighted by molar-refractivity contribution is -0.384. The van der Waals surface area contributed by atoms with Crippen LogP contribution in [0, 0.1) is 10.1 Å². The summed E-state index contributed by atoms with van der Waals surface area (Å²) in [5, 5.41) is 21.8. The van der Waals surface area contributed by atoms with Gasteiger partial charge in [-0.2, -0.15) is 0 Å².